The van der Waals surface area contributed by atoms with Crippen molar-refractivity contribution >= 4 is 5.97 Å². The molecule has 0 radical (unpaired) electrons. The smallest absolute Gasteiger partial charge is 0.338 e. The van der Waals surface area contributed by atoms with Crippen molar-refractivity contribution in [2.24, 2.45) is 0 Å². The van der Waals surface area contributed by atoms with Gasteiger partial charge in [-0.25, -0.2) is 4.79 Å². The maximum Gasteiger partial charge on any atom is 0.338 e. The van der Waals surface area contributed by atoms with Gasteiger partial charge in [-0.2, -0.15) is 0 Å². The lowest BCUT2D eigenvalue weighted by molar-refractivity contribution is 0.0472. The summed E-state index contributed by atoms with van der Waals surface area (Å²) in [5.74, 6) is -0.274. The molecule has 138 valence electrons. The van der Waals surface area contributed by atoms with Crippen molar-refractivity contribution < 1.29 is 9.53 Å². The topological polar surface area (TPSA) is 32.8 Å². The van der Waals surface area contributed by atoms with E-state index in [2.05, 4.69) is 23.9 Å². The Morgan fingerprint density at radius 3 is 2.35 bits per heavy atom. The Bertz CT molecular complexity index is 692. The molecule has 4 nitrogen and oxygen atoms in total. The molecule has 2 aromatic carbocycles. The number of nitrogens with zero attached hydrogens (tertiary/aromatic N) is 2. The largest absolute Gasteiger partial charge is 0.457 e. The summed E-state index contributed by atoms with van der Waals surface area (Å²) in [6, 6.07) is 18.2. The van der Waals surface area contributed by atoms with Crippen molar-refractivity contribution in [3.8, 4) is 0 Å². The van der Waals surface area contributed by atoms with Crippen LogP contribution in [0.3, 0.4) is 0 Å². The van der Waals surface area contributed by atoms with E-state index in [1.807, 2.05) is 54.6 Å². The first-order chi connectivity index (χ1) is 12.6. The Morgan fingerprint density at radius 2 is 1.69 bits per heavy atom. The zero-order chi connectivity index (χ0) is 18.4. The first kappa shape index (κ1) is 18.6. The third kappa shape index (κ3) is 5.16. The summed E-state index contributed by atoms with van der Waals surface area (Å²) in [4.78, 5) is 17.0. The van der Waals surface area contributed by atoms with Crippen molar-refractivity contribution in [2.45, 2.75) is 32.0 Å². The molecular formula is C22H28N2O2. The van der Waals surface area contributed by atoms with Gasteiger partial charge in [-0.1, -0.05) is 42.5 Å². The van der Waals surface area contributed by atoms with Gasteiger partial charge in [-0.3, -0.25) is 4.90 Å². The predicted molar refractivity (Wildman–Crippen MR) is 104 cm³/mol. The van der Waals surface area contributed by atoms with Gasteiger partial charge in [0.2, 0.25) is 0 Å². The van der Waals surface area contributed by atoms with E-state index in [4.69, 9.17) is 4.74 Å². The van der Waals surface area contributed by atoms with Gasteiger partial charge in [0.05, 0.1) is 5.56 Å². The highest BCUT2D eigenvalue weighted by molar-refractivity contribution is 5.89. The van der Waals surface area contributed by atoms with Crippen molar-refractivity contribution in [3.05, 3.63) is 71.3 Å². The van der Waals surface area contributed by atoms with Crippen LogP contribution in [-0.2, 0) is 17.9 Å². The van der Waals surface area contributed by atoms with Gasteiger partial charge in [-0.15, -0.1) is 0 Å². The van der Waals surface area contributed by atoms with E-state index in [0.29, 0.717) is 18.2 Å². The number of rotatable bonds is 6. The third-order valence-electron chi connectivity index (χ3n) is 5.15. The second kappa shape index (κ2) is 8.97. The molecule has 1 fully saturated rings. The highest BCUT2D eigenvalue weighted by Crippen LogP contribution is 2.17. The summed E-state index contributed by atoms with van der Waals surface area (Å²) in [6.45, 7) is 3.55. The summed E-state index contributed by atoms with van der Waals surface area (Å²) >= 11 is 0. The van der Waals surface area contributed by atoms with Crippen LogP contribution < -0.4 is 0 Å². The van der Waals surface area contributed by atoms with E-state index < -0.39 is 0 Å². The fourth-order valence-corrected chi connectivity index (χ4v) is 3.41. The van der Waals surface area contributed by atoms with Crippen LogP contribution in [-0.4, -0.2) is 49.0 Å². The van der Waals surface area contributed by atoms with Crippen molar-refractivity contribution in [2.75, 3.05) is 27.2 Å². The fourth-order valence-electron chi connectivity index (χ4n) is 3.41. The van der Waals surface area contributed by atoms with Gasteiger partial charge in [0.25, 0.3) is 0 Å². The normalized spacial score (nSPS) is 16.0. The standard InChI is InChI=1S/C22H28N2O2/c1-23-14-12-21(13-15-23)24(2)16-18-8-10-20(11-9-18)22(25)26-17-19-6-4-3-5-7-19/h3-11,21H,12-17H2,1-2H3. The second-order valence-electron chi connectivity index (χ2n) is 7.21. The quantitative estimate of drug-likeness (QED) is 0.744. The average Bonchev–Trinajstić information content (AvgIpc) is 2.68. The highest BCUT2D eigenvalue weighted by atomic mass is 16.5. The number of esters is 1. The number of ether oxygens (including phenoxy) is 1. The molecule has 0 bridgehead atoms. The second-order valence-corrected chi connectivity index (χ2v) is 7.21. The molecule has 1 aliphatic rings. The first-order valence-electron chi connectivity index (χ1n) is 9.30. The van der Waals surface area contributed by atoms with Crippen LogP contribution in [0.1, 0.15) is 34.3 Å². The molecule has 3 rings (SSSR count). The van der Waals surface area contributed by atoms with Crippen molar-refractivity contribution in [1.82, 2.24) is 9.80 Å². The molecule has 0 saturated carbocycles. The average molecular weight is 352 g/mol. The summed E-state index contributed by atoms with van der Waals surface area (Å²) in [5, 5.41) is 0. The van der Waals surface area contributed by atoms with Crippen LogP contribution in [0.4, 0.5) is 0 Å². The van der Waals surface area contributed by atoms with E-state index in [-0.39, 0.29) is 5.97 Å². The Hall–Kier alpha value is -2.17. The predicted octanol–water partition coefficient (Wildman–Crippen LogP) is 3.57. The lowest BCUT2D eigenvalue weighted by Crippen LogP contribution is -2.41. The molecule has 0 unspecified atom stereocenters. The van der Waals surface area contributed by atoms with Crippen LogP contribution in [0.5, 0.6) is 0 Å². The molecule has 1 heterocycles. The zero-order valence-electron chi connectivity index (χ0n) is 15.7. The summed E-state index contributed by atoms with van der Waals surface area (Å²) < 4.78 is 5.39. The number of hydrogen-bond acceptors (Lipinski definition) is 4. The minimum atomic E-state index is -0.274. The minimum Gasteiger partial charge on any atom is -0.457 e. The highest BCUT2D eigenvalue weighted by Gasteiger charge is 2.20. The fraction of sp³-hybridized carbons (Fsp3) is 0.409. The Kier molecular flexibility index (Phi) is 6.42. The molecule has 0 aromatic heterocycles. The maximum atomic E-state index is 12.2. The molecule has 26 heavy (non-hydrogen) atoms. The number of carbonyl (C=O) groups is 1. The number of likely N-dealkylation sites (tertiary alicyclic amines) is 1. The molecule has 0 atom stereocenters. The number of hydrogen-bond donors (Lipinski definition) is 0. The number of carbonyl (C=O) groups excluding carboxylic acids is 1. The lowest BCUT2D eigenvalue weighted by Gasteiger charge is -2.35. The van der Waals surface area contributed by atoms with E-state index in [1.165, 1.54) is 31.5 Å². The Labute approximate surface area is 156 Å². The van der Waals surface area contributed by atoms with Gasteiger partial charge in [0.1, 0.15) is 6.61 Å². The third-order valence-corrected chi connectivity index (χ3v) is 5.15. The molecule has 2 aromatic rings. The molecule has 4 heteroatoms. The molecule has 0 N–H and O–H groups in total. The van der Waals surface area contributed by atoms with E-state index in [0.717, 1.165) is 12.1 Å². The van der Waals surface area contributed by atoms with E-state index in [9.17, 15) is 4.79 Å². The van der Waals surface area contributed by atoms with Gasteiger partial charge >= 0.3 is 5.97 Å². The van der Waals surface area contributed by atoms with E-state index in [1.54, 1.807) is 0 Å². The maximum absolute atomic E-state index is 12.2. The summed E-state index contributed by atoms with van der Waals surface area (Å²) in [6.07, 6.45) is 2.44. The van der Waals surface area contributed by atoms with Crippen LogP contribution >= 0.6 is 0 Å². The molecule has 0 spiro atoms. The lowest BCUT2D eigenvalue weighted by atomic mass is 10.0. The molecule has 0 aliphatic carbocycles. The zero-order valence-corrected chi connectivity index (χ0v) is 15.7. The van der Waals surface area contributed by atoms with Gasteiger partial charge < -0.3 is 9.64 Å². The summed E-state index contributed by atoms with van der Waals surface area (Å²) in [5.41, 5.74) is 2.83. The van der Waals surface area contributed by atoms with Gasteiger partial charge in [-0.05, 0) is 63.3 Å². The minimum absolute atomic E-state index is 0.274. The molecule has 0 amide bonds. The molecule has 1 aliphatic heterocycles. The number of piperidine rings is 1. The van der Waals surface area contributed by atoms with Gasteiger partial charge in [0, 0.05) is 12.6 Å². The first-order valence-corrected chi connectivity index (χ1v) is 9.30. The van der Waals surface area contributed by atoms with Crippen LogP contribution in [0.25, 0.3) is 0 Å². The SMILES string of the molecule is CN1CCC(N(C)Cc2ccc(C(=O)OCc3ccccc3)cc2)CC1. The Balaban J connectivity index is 1.50. The van der Waals surface area contributed by atoms with Crippen LogP contribution in [0.2, 0.25) is 0 Å². The van der Waals surface area contributed by atoms with Crippen LogP contribution in [0, 0.1) is 0 Å². The van der Waals surface area contributed by atoms with Crippen molar-refractivity contribution in [1.29, 1.82) is 0 Å². The van der Waals surface area contributed by atoms with E-state index >= 15 is 0 Å². The Morgan fingerprint density at radius 1 is 1.04 bits per heavy atom. The molecule has 1 saturated heterocycles. The monoisotopic (exact) mass is 352 g/mol. The van der Waals surface area contributed by atoms with Gasteiger partial charge in [0.15, 0.2) is 0 Å². The van der Waals surface area contributed by atoms with Crippen LogP contribution in [0.15, 0.2) is 54.6 Å². The summed E-state index contributed by atoms with van der Waals surface area (Å²) in [7, 11) is 4.38. The van der Waals surface area contributed by atoms with Crippen molar-refractivity contribution in [3.63, 3.8) is 0 Å². The molecular weight excluding hydrogens is 324 g/mol. The number of benzene rings is 2.